The molecule has 0 aromatic heterocycles. The Balaban J connectivity index is 1.63. The number of benzene rings is 2. The van der Waals surface area contributed by atoms with Crippen LogP contribution in [0.1, 0.15) is 42.6 Å². The van der Waals surface area contributed by atoms with E-state index in [1.807, 2.05) is 26.0 Å². The summed E-state index contributed by atoms with van der Waals surface area (Å²) in [5, 5.41) is 9.64. The fourth-order valence-corrected chi connectivity index (χ4v) is 4.46. The predicted molar refractivity (Wildman–Crippen MR) is 97.8 cm³/mol. The molecule has 1 heterocycles. The Morgan fingerprint density at radius 1 is 1.23 bits per heavy atom. The minimum atomic E-state index is -1.03. The highest BCUT2D eigenvalue weighted by Crippen LogP contribution is 2.43. The number of fused-ring (bicyclic) bond motifs is 1. The van der Waals surface area contributed by atoms with Gasteiger partial charge in [0.05, 0.1) is 16.4 Å². The molecule has 4 rings (SSSR count). The van der Waals surface area contributed by atoms with Gasteiger partial charge in [-0.3, -0.25) is 4.21 Å². The maximum Gasteiger partial charge on any atom is 0.335 e. The maximum atomic E-state index is 12.2. The third-order valence-electron chi connectivity index (χ3n) is 4.51. The lowest BCUT2D eigenvalue weighted by atomic mass is 10.00. The second kappa shape index (κ2) is 6.13. The van der Waals surface area contributed by atoms with Crippen molar-refractivity contribution in [3.05, 3.63) is 47.5 Å². The Hall–Kier alpha value is -2.34. The summed E-state index contributed by atoms with van der Waals surface area (Å²) in [5.74, 6) is 0.593. The van der Waals surface area contributed by atoms with Gasteiger partial charge in [-0.15, -0.1) is 0 Å². The molecule has 1 aliphatic carbocycles. The summed E-state index contributed by atoms with van der Waals surface area (Å²) in [4.78, 5) is 12.2. The van der Waals surface area contributed by atoms with E-state index in [9.17, 15) is 14.1 Å². The van der Waals surface area contributed by atoms with Gasteiger partial charge in [0.15, 0.2) is 0 Å². The molecule has 0 bridgehead atoms. The third-order valence-corrected chi connectivity index (χ3v) is 6.33. The number of hydrogen-bond acceptors (Lipinski definition) is 4. The normalized spacial score (nSPS) is 18.7. The van der Waals surface area contributed by atoms with Crippen molar-refractivity contribution < 1.29 is 23.6 Å². The van der Waals surface area contributed by atoms with Gasteiger partial charge in [-0.1, -0.05) is 0 Å². The number of ether oxygens (including phenoxy) is 2. The fourth-order valence-electron chi connectivity index (χ4n) is 3.10. The molecule has 2 aliphatic rings. The number of rotatable bonds is 5. The van der Waals surface area contributed by atoms with Crippen LogP contribution in [0.25, 0.3) is 0 Å². The van der Waals surface area contributed by atoms with E-state index in [1.165, 1.54) is 6.07 Å². The van der Waals surface area contributed by atoms with Crippen LogP contribution < -0.4 is 9.47 Å². The molecular formula is C20H20O5S. The molecule has 1 N–H and O–H groups in total. The molecule has 5 nitrogen and oxygen atoms in total. The van der Waals surface area contributed by atoms with Gasteiger partial charge >= 0.3 is 5.97 Å². The van der Waals surface area contributed by atoms with Crippen molar-refractivity contribution in [3.8, 4) is 17.2 Å². The van der Waals surface area contributed by atoms with Crippen LogP contribution in [0, 0.1) is 0 Å². The van der Waals surface area contributed by atoms with E-state index in [0.717, 1.165) is 23.3 Å². The van der Waals surface area contributed by atoms with Crippen molar-refractivity contribution in [2.45, 2.75) is 48.9 Å². The standard InChI is InChI=1S/C20H20O5S/c1-20(2)11-16-17(9-12(19(21)22)10-18(16)25-20)24-13-3-5-14(6-4-13)26(23)15-7-8-15/h3-6,9-10,15H,7-8,11H2,1-2H3,(H,21,22). The lowest BCUT2D eigenvalue weighted by Crippen LogP contribution is -2.24. The first-order valence-corrected chi connectivity index (χ1v) is 9.81. The minimum Gasteiger partial charge on any atom is -0.487 e. The zero-order valence-corrected chi connectivity index (χ0v) is 15.5. The number of carboxylic acid groups (broad SMARTS) is 1. The Morgan fingerprint density at radius 3 is 2.54 bits per heavy atom. The van der Waals surface area contributed by atoms with Crippen LogP contribution in [0.5, 0.6) is 17.2 Å². The van der Waals surface area contributed by atoms with E-state index < -0.39 is 22.4 Å². The molecule has 0 saturated heterocycles. The molecule has 0 radical (unpaired) electrons. The molecule has 2 aromatic rings. The Labute approximate surface area is 154 Å². The van der Waals surface area contributed by atoms with Gasteiger partial charge in [-0.25, -0.2) is 4.79 Å². The van der Waals surface area contributed by atoms with Crippen LogP contribution in [0.4, 0.5) is 0 Å². The van der Waals surface area contributed by atoms with Crippen molar-refractivity contribution in [3.63, 3.8) is 0 Å². The van der Waals surface area contributed by atoms with Gasteiger partial charge < -0.3 is 14.6 Å². The zero-order valence-electron chi connectivity index (χ0n) is 14.7. The summed E-state index contributed by atoms with van der Waals surface area (Å²) >= 11 is 0. The van der Waals surface area contributed by atoms with Crippen molar-refractivity contribution in [1.82, 2.24) is 0 Å². The number of aromatic carboxylic acids is 1. The second-order valence-electron chi connectivity index (χ2n) is 7.36. The first-order chi connectivity index (χ1) is 12.3. The molecule has 1 aliphatic heterocycles. The average molecular weight is 372 g/mol. The summed E-state index contributed by atoms with van der Waals surface area (Å²) in [6, 6.07) is 10.2. The van der Waals surface area contributed by atoms with Gasteiger partial charge in [0.2, 0.25) is 0 Å². The number of carboxylic acids is 1. The van der Waals surface area contributed by atoms with Crippen molar-refractivity contribution in [2.75, 3.05) is 0 Å². The fraction of sp³-hybridized carbons (Fsp3) is 0.350. The molecule has 6 heteroatoms. The lowest BCUT2D eigenvalue weighted by Gasteiger charge is -2.16. The van der Waals surface area contributed by atoms with Crippen LogP contribution in [-0.2, 0) is 17.2 Å². The smallest absolute Gasteiger partial charge is 0.335 e. The van der Waals surface area contributed by atoms with Gasteiger partial charge in [0.25, 0.3) is 0 Å². The Morgan fingerprint density at radius 2 is 1.92 bits per heavy atom. The van der Waals surface area contributed by atoms with E-state index in [-0.39, 0.29) is 10.8 Å². The first-order valence-electron chi connectivity index (χ1n) is 8.60. The molecule has 136 valence electrons. The summed E-state index contributed by atoms with van der Waals surface area (Å²) in [5.41, 5.74) is 0.594. The van der Waals surface area contributed by atoms with Crippen molar-refractivity contribution in [1.29, 1.82) is 0 Å². The quantitative estimate of drug-likeness (QED) is 0.853. The number of carbonyl (C=O) groups is 1. The van der Waals surface area contributed by atoms with Gasteiger partial charge in [-0.05, 0) is 63.1 Å². The minimum absolute atomic E-state index is 0.128. The van der Waals surface area contributed by atoms with E-state index in [4.69, 9.17) is 9.47 Å². The topological polar surface area (TPSA) is 72.8 Å². The van der Waals surface area contributed by atoms with E-state index in [1.54, 1.807) is 18.2 Å². The molecule has 1 unspecified atom stereocenters. The average Bonchev–Trinajstić information content (AvgIpc) is 3.37. The highest BCUT2D eigenvalue weighted by atomic mass is 32.2. The third kappa shape index (κ3) is 3.33. The molecule has 1 fully saturated rings. The van der Waals surface area contributed by atoms with Gasteiger partial charge in [-0.2, -0.15) is 0 Å². The van der Waals surface area contributed by atoms with E-state index >= 15 is 0 Å². The van der Waals surface area contributed by atoms with Gasteiger partial charge in [0.1, 0.15) is 22.8 Å². The lowest BCUT2D eigenvalue weighted by molar-refractivity contribution is 0.0695. The maximum absolute atomic E-state index is 12.2. The van der Waals surface area contributed by atoms with Crippen LogP contribution in [-0.4, -0.2) is 26.1 Å². The molecule has 1 saturated carbocycles. The number of hydrogen-bond donors (Lipinski definition) is 1. The van der Waals surface area contributed by atoms with E-state index in [0.29, 0.717) is 23.7 Å². The Bertz CT molecular complexity index is 897. The molecule has 1 atom stereocenters. The first kappa shape index (κ1) is 17.1. The molecule has 0 spiro atoms. The zero-order chi connectivity index (χ0) is 18.5. The van der Waals surface area contributed by atoms with Crippen LogP contribution in [0.2, 0.25) is 0 Å². The summed E-state index contributed by atoms with van der Waals surface area (Å²) in [6.07, 6.45) is 2.69. The Kier molecular flexibility index (Phi) is 4.03. The second-order valence-corrected chi connectivity index (χ2v) is 9.10. The summed E-state index contributed by atoms with van der Waals surface area (Å²) < 4.78 is 24.0. The van der Waals surface area contributed by atoms with E-state index in [2.05, 4.69) is 0 Å². The highest BCUT2D eigenvalue weighted by Gasteiger charge is 2.34. The SMILES string of the molecule is CC1(C)Cc2c(Oc3ccc(S(=O)C4CC4)cc3)cc(C(=O)O)cc2O1. The van der Waals surface area contributed by atoms with Crippen LogP contribution in [0.15, 0.2) is 41.3 Å². The van der Waals surface area contributed by atoms with Crippen LogP contribution >= 0.6 is 0 Å². The molecular weight excluding hydrogens is 352 g/mol. The molecule has 2 aromatic carbocycles. The predicted octanol–water partition coefficient (Wildman–Crippen LogP) is 4.16. The summed E-state index contributed by atoms with van der Waals surface area (Å²) in [6.45, 7) is 3.92. The summed E-state index contributed by atoms with van der Waals surface area (Å²) in [7, 11) is -0.952. The largest absolute Gasteiger partial charge is 0.487 e. The van der Waals surface area contributed by atoms with Crippen molar-refractivity contribution in [2.24, 2.45) is 0 Å². The van der Waals surface area contributed by atoms with Crippen LogP contribution in [0.3, 0.4) is 0 Å². The molecule has 26 heavy (non-hydrogen) atoms. The molecule has 0 amide bonds. The monoisotopic (exact) mass is 372 g/mol. The highest BCUT2D eigenvalue weighted by molar-refractivity contribution is 7.86. The van der Waals surface area contributed by atoms with Gasteiger partial charge in [0, 0.05) is 22.1 Å². The van der Waals surface area contributed by atoms with Crippen molar-refractivity contribution >= 4 is 16.8 Å².